The van der Waals surface area contributed by atoms with Crippen molar-refractivity contribution in [2.45, 2.75) is 32.7 Å². The summed E-state index contributed by atoms with van der Waals surface area (Å²) in [7, 11) is 0. The van der Waals surface area contributed by atoms with Crippen molar-refractivity contribution >= 4 is 23.2 Å². The first kappa shape index (κ1) is 16.1. The molecule has 1 aromatic carbocycles. The summed E-state index contributed by atoms with van der Waals surface area (Å²) in [4.78, 5) is 2.54. The van der Waals surface area contributed by atoms with Crippen molar-refractivity contribution < 1.29 is 0 Å². The number of halogens is 2. The van der Waals surface area contributed by atoms with E-state index in [9.17, 15) is 0 Å². The van der Waals surface area contributed by atoms with Crippen LogP contribution in [0.3, 0.4) is 0 Å². The average molecular weight is 315 g/mol. The Morgan fingerprint density at radius 3 is 2.65 bits per heavy atom. The van der Waals surface area contributed by atoms with Gasteiger partial charge < -0.3 is 10.2 Å². The molecular formula is C16H24Cl2N2. The van der Waals surface area contributed by atoms with E-state index in [0.717, 1.165) is 29.6 Å². The second kappa shape index (κ2) is 7.65. The Balaban J connectivity index is 1.76. The normalized spacial score (nSPS) is 19.2. The topological polar surface area (TPSA) is 15.3 Å². The van der Waals surface area contributed by atoms with Crippen LogP contribution in [0.1, 0.15) is 38.3 Å². The van der Waals surface area contributed by atoms with Crippen LogP contribution in [-0.4, -0.2) is 31.1 Å². The van der Waals surface area contributed by atoms with Gasteiger partial charge >= 0.3 is 0 Å². The van der Waals surface area contributed by atoms with E-state index in [2.05, 4.69) is 24.1 Å². The standard InChI is InChI=1S/C16H24Cl2N2/c1-12-5-8-20(9-6-12)10-7-19-13(2)15-4-3-14(17)11-16(15)18/h3-4,11-13,19H,5-10H2,1-2H3. The molecule has 1 aliphatic rings. The second-order valence-corrected chi connectivity index (χ2v) is 6.71. The Morgan fingerprint density at radius 2 is 2.00 bits per heavy atom. The van der Waals surface area contributed by atoms with E-state index in [4.69, 9.17) is 23.2 Å². The summed E-state index contributed by atoms with van der Waals surface area (Å²) in [6.45, 7) is 9.07. The molecule has 0 amide bonds. The number of hydrogen-bond donors (Lipinski definition) is 1. The highest BCUT2D eigenvalue weighted by atomic mass is 35.5. The van der Waals surface area contributed by atoms with Gasteiger partial charge in [0.1, 0.15) is 0 Å². The number of nitrogens with one attached hydrogen (secondary N) is 1. The van der Waals surface area contributed by atoms with Crippen LogP contribution >= 0.6 is 23.2 Å². The molecule has 4 heteroatoms. The molecule has 1 heterocycles. The monoisotopic (exact) mass is 314 g/mol. The molecule has 1 atom stereocenters. The van der Waals surface area contributed by atoms with Crippen molar-refractivity contribution in [3.05, 3.63) is 33.8 Å². The van der Waals surface area contributed by atoms with Crippen molar-refractivity contribution in [1.82, 2.24) is 10.2 Å². The molecular weight excluding hydrogens is 291 g/mol. The number of likely N-dealkylation sites (tertiary alicyclic amines) is 1. The molecule has 20 heavy (non-hydrogen) atoms. The molecule has 2 nitrogen and oxygen atoms in total. The van der Waals surface area contributed by atoms with Crippen LogP contribution in [0, 0.1) is 5.92 Å². The maximum Gasteiger partial charge on any atom is 0.0468 e. The molecule has 1 aromatic rings. The van der Waals surface area contributed by atoms with E-state index in [1.54, 1.807) is 0 Å². The first-order valence-corrected chi connectivity index (χ1v) is 8.22. The molecule has 1 aliphatic heterocycles. The van der Waals surface area contributed by atoms with Crippen molar-refractivity contribution in [1.29, 1.82) is 0 Å². The zero-order valence-electron chi connectivity index (χ0n) is 12.3. The molecule has 0 saturated carbocycles. The van der Waals surface area contributed by atoms with Crippen LogP contribution in [0.15, 0.2) is 18.2 Å². The molecule has 0 aromatic heterocycles. The molecule has 112 valence electrons. The minimum atomic E-state index is 0.253. The summed E-state index contributed by atoms with van der Waals surface area (Å²) in [6.07, 6.45) is 2.66. The van der Waals surface area contributed by atoms with Gasteiger partial charge in [-0.15, -0.1) is 0 Å². The van der Waals surface area contributed by atoms with Crippen molar-refractivity contribution in [3.63, 3.8) is 0 Å². The number of hydrogen-bond acceptors (Lipinski definition) is 2. The molecule has 2 rings (SSSR count). The van der Waals surface area contributed by atoms with E-state index in [0.29, 0.717) is 5.02 Å². The number of benzene rings is 1. The third kappa shape index (κ3) is 4.63. The predicted molar refractivity (Wildman–Crippen MR) is 87.7 cm³/mol. The lowest BCUT2D eigenvalue weighted by molar-refractivity contribution is 0.191. The van der Waals surface area contributed by atoms with Gasteiger partial charge in [-0.3, -0.25) is 0 Å². The maximum atomic E-state index is 6.23. The van der Waals surface area contributed by atoms with Gasteiger partial charge in [0.15, 0.2) is 0 Å². The molecule has 1 unspecified atom stereocenters. The fraction of sp³-hybridized carbons (Fsp3) is 0.625. The number of piperidine rings is 1. The van der Waals surface area contributed by atoms with Crippen LogP contribution in [0.5, 0.6) is 0 Å². The lowest BCUT2D eigenvalue weighted by Gasteiger charge is -2.30. The first-order valence-electron chi connectivity index (χ1n) is 7.47. The van der Waals surface area contributed by atoms with Crippen LogP contribution < -0.4 is 5.32 Å². The Bertz CT molecular complexity index is 428. The molecule has 1 fully saturated rings. The zero-order valence-corrected chi connectivity index (χ0v) is 13.8. The zero-order chi connectivity index (χ0) is 14.5. The summed E-state index contributed by atoms with van der Waals surface area (Å²) in [6, 6.07) is 5.96. The summed E-state index contributed by atoms with van der Waals surface area (Å²) >= 11 is 12.2. The Kier molecular flexibility index (Phi) is 6.16. The Labute approximate surface area is 132 Å². The minimum absolute atomic E-state index is 0.253. The quantitative estimate of drug-likeness (QED) is 0.867. The molecule has 1 saturated heterocycles. The van der Waals surface area contributed by atoms with Gasteiger partial charge in [-0.1, -0.05) is 36.2 Å². The molecule has 0 radical (unpaired) electrons. The van der Waals surface area contributed by atoms with Gasteiger partial charge in [0, 0.05) is 29.2 Å². The largest absolute Gasteiger partial charge is 0.309 e. The molecule has 1 N–H and O–H groups in total. The van der Waals surface area contributed by atoms with E-state index in [-0.39, 0.29) is 6.04 Å². The van der Waals surface area contributed by atoms with Gasteiger partial charge in [0.2, 0.25) is 0 Å². The highest BCUT2D eigenvalue weighted by Gasteiger charge is 2.15. The summed E-state index contributed by atoms with van der Waals surface area (Å²) in [5.41, 5.74) is 1.11. The average Bonchev–Trinajstić information content (AvgIpc) is 2.41. The predicted octanol–water partition coefficient (Wildman–Crippen LogP) is 4.38. The van der Waals surface area contributed by atoms with Crippen LogP contribution in [0.2, 0.25) is 10.0 Å². The van der Waals surface area contributed by atoms with Crippen LogP contribution in [0.4, 0.5) is 0 Å². The fourth-order valence-electron chi connectivity index (χ4n) is 2.69. The Morgan fingerprint density at radius 1 is 1.30 bits per heavy atom. The maximum absolute atomic E-state index is 6.23. The van der Waals surface area contributed by atoms with E-state index >= 15 is 0 Å². The van der Waals surface area contributed by atoms with E-state index in [1.807, 2.05) is 18.2 Å². The summed E-state index contributed by atoms with van der Waals surface area (Å²) in [5.74, 6) is 0.894. The SMILES string of the molecule is CC1CCN(CCNC(C)c2ccc(Cl)cc2Cl)CC1. The third-order valence-electron chi connectivity index (χ3n) is 4.18. The number of nitrogens with zero attached hydrogens (tertiary/aromatic N) is 1. The molecule has 0 spiro atoms. The van der Waals surface area contributed by atoms with Gasteiger partial charge in [0.25, 0.3) is 0 Å². The van der Waals surface area contributed by atoms with Gasteiger partial charge in [0.05, 0.1) is 0 Å². The Hall–Kier alpha value is -0.280. The molecule has 0 aliphatic carbocycles. The lowest BCUT2D eigenvalue weighted by atomic mass is 9.99. The highest BCUT2D eigenvalue weighted by Crippen LogP contribution is 2.26. The molecule has 0 bridgehead atoms. The van der Waals surface area contributed by atoms with Crippen molar-refractivity contribution in [2.75, 3.05) is 26.2 Å². The van der Waals surface area contributed by atoms with Crippen LogP contribution in [0.25, 0.3) is 0 Å². The van der Waals surface area contributed by atoms with Gasteiger partial charge in [-0.2, -0.15) is 0 Å². The minimum Gasteiger partial charge on any atom is -0.309 e. The third-order valence-corrected chi connectivity index (χ3v) is 4.75. The van der Waals surface area contributed by atoms with Gasteiger partial charge in [-0.05, 0) is 56.5 Å². The summed E-state index contributed by atoms with van der Waals surface area (Å²) in [5, 5.41) is 4.98. The van der Waals surface area contributed by atoms with Crippen molar-refractivity contribution in [2.24, 2.45) is 5.92 Å². The summed E-state index contributed by atoms with van der Waals surface area (Å²) < 4.78 is 0. The van der Waals surface area contributed by atoms with E-state index in [1.165, 1.54) is 25.9 Å². The number of rotatable bonds is 5. The van der Waals surface area contributed by atoms with E-state index < -0.39 is 0 Å². The van der Waals surface area contributed by atoms with Crippen LogP contribution in [-0.2, 0) is 0 Å². The smallest absolute Gasteiger partial charge is 0.0468 e. The highest BCUT2D eigenvalue weighted by molar-refractivity contribution is 6.35. The van der Waals surface area contributed by atoms with Crippen molar-refractivity contribution in [3.8, 4) is 0 Å². The lowest BCUT2D eigenvalue weighted by Crippen LogP contribution is -2.38. The van der Waals surface area contributed by atoms with Gasteiger partial charge in [-0.25, -0.2) is 0 Å². The second-order valence-electron chi connectivity index (χ2n) is 5.87. The fourth-order valence-corrected chi connectivity index (χ4v) is 3.26. The first-order chi connectivity index (χ1) is 9.56.